The highest BCUT2D eigenvalue weighted by Crippen LogP contribution is 2.45. The molecule has 0 aliphatic carbocycles. The second-order valence-corrected chi connectivity index (χ2v) is 8.53. The Morgan fingerprint density at radius 3 is 1.07 bits per heavy atom. The lowest BCUT2D eigenvalue weighted by molar-refractivity contribution is 0.385. The summed E-state index contributed by atoms with van der Waals surface area (Å²) in [5.74, 6) is 1.90. The van der Waals surface area contributed by atoms with E-state index >= 15 is 0 Å². The van der Waals surface area contributed by atoms with Gasteiger partial charge in [0.1, 0.15) is 17.2 Å². The molecule has 0 N–H and O–H groups in total. The molecule has 0 amide bonds. The largest absolute Gasteiger partial charge is 0.530 e. The number of halogens is 3. The van der Waals surface area contributed by atoms with E-state index in [4.69, 9.17) is 48.4 Å². The van der Waals surface area contributed by atoms with E-state index in [1.165, 1.54) is 0 Å². The maximum absolute atomic E-state index is 6.07. The molecule has 0 fully saturated rings. The molecule has 0 heterocycles. The molecule has 0 radical (unpaired) electrons. The quantitative estimate of drug-likeness (QED) is 0.350. The molecule has 0 unspecified atom stereocenters. The first-order valence-electron chi connectivity index (χ1n) is 8.44. The second kappa shape index (κ2) is 9.24. The van der Waals surface area contributed by atoms with Crippen molar-refractivity contribution >= 4 is 43.4 Å². The van der Waals surface area contributed by atoms with Crippen LogP contribution in [-0.2, 0) is 0 Å². The van der Waals surface area contributed by atoms with Crippen LogP contribution in [0.2, 0.25) is 15.1 Å². The van der Waals surface area contributed by atoms with Gasteiger partial charge < -0.3 is 13.6 Å². The lowest BCUT2D eigenvalue weighted by Gasteiger charge is -2.20. The second-order valence-electron chi connectivity index (χ2n) is 6.23. The molecule has 0 aromatic heterocycles. The molecule has 0 bridgehead atoms. The summed E-state index contributed by atoms with van der Waals surface area (Å²) in [4.78, 5) is 0. The number of hydrogen-bond acceptors (Lipinski definition) is 3. The monoisotopic (exact) mass is 454 g/mol. The van der Waals surface area contributed by atoms with Crippen molar-refractivity contribution in [1.29, 1.82) is 0 Å². The van der Waals surface area contributed by atoms with Crippen molar-refractivity contribution < 1.29 is 13.6 Å². The molecule has 0 saturated carbocycles. The predicted octanol–water partition coefficient (Wildman–Crippen LogP) is 8.34. The van der Waals surface area contributed by atoms with Crippen molar-refractivity contribution in [1.82, 2.24) is 0 Å². The zero-order valence-electron chi connectivity index (χ0n) is 15.5. The normalized spacial score (nSPS) is 10.8. The summed E-state index contributed by atoms with van der Waals surface area (Å²) in [6.45, 7) is 5.74. The third-order valence-corrected chi connectivity index (χ3v) is 5.67. The van der Waals surface area contributed by atoms with Gasteiger partial charge in [-0.25, -0.2) is 0 Å². The van der Waals surface area contributed by atoms with Crippen molar-refractivity contribution in [3.8, 4) is 17.2 Å². The fourth-order valence-electron chi connectivity index (χ4n) is 2.44. The Morgan fingerprint density at radius 2 is 0.821 bits per heavy atom. The maximum Gasteiger partial charge on any atom is 0.530 e. The van der Waals surface area contributed by atoms with Gasteiger partial charge in [0.15, 0.2) is 0 Å². The van der Waals surface area contributed by atoms with E-state index in [1.807, 2.05) is 39.0 Å². The first-order valence-corrected chi connectivity index (χ1v) is 10.7. The minimum Gasteiger partial charge on any atom is -0.408 e. The summed E-state index contributed by atoms with van der Waals surface area (Å²) in [5, 5.41) is 1.91. The van der Waals surface area contributed by atoms with E-state index < -0.39 is 8.60 Å². The third-order valence-electron chi connectivity index (χ3n) is 3.93. The van der Waals surface area contributed by atoms with E-state index in [1.54, 1.807) is 36.4 Å². The van der Waals surface area contributed by atoms with Crippen LogP contribution in [0.4, 0.5) is 0 Å². The highest BCUT2D eigenvalue weighted by Gasteiger charge is 2.22. The van der Waals surface area contributed by atoms with E-state index in [2.05, 4.69) is 0 Å². The average molecular weight is 456 g/mol. The summed E-state index contributed by atoms with van der Waals surface area (Å²) >= 11 is 18.1. The Labute approximate surface area is 181 Å². The Kier molecular flexibility index (Phi) is 6.95. The Balaban J connectivity index is 1.90. The zero-order valence-corrected chi connectivity index (χ0v) is 18.7. The van der Waals surface area contributed by atoms with Crippen LogP contribution in [0.25, 0.3) is 0 Å². The molecule has 3 aromatic carbocycles. The van der Waals surface area contributed by atoms with Crippen molar-refractivity contribution in [2.45, 2.75) is 20.8 Å². The highest BCUT2D eigenvalue weighted by atomic mass is 35.5. The van der Waals surface area contributed by atoms with Crippen LogP contribution in [0.3, 0.4) is 0 Å². The molecule has 0 saturated heterocycles. The number of hydrogen-bond donors (Lipinski definition) is 0. The van der Waals surface area contributed by atoms with Gasteiger partial charge in [0.2, 0.25) is 0 Å². The maximum atomic E-state index is 6.07. The SMILES string of the molecule is Cc1cc(Cl)ccc1OP(Oc1ccc(Cl)cc1C)Oc1ccc(Cl)cc1C. The Bertz CT molecular complexity index is 867. The number of aryl methyl sites for hydroxylation is 3. The van der Waals surface area contributed by atoms with Gasteiger partial charge in [-0.05, 0) is 92.1 Å². The smallest absolute Gasteiger partial charge is 0.408 e. The van der Waals surface area contributed by atoms with Crippen molar-refractivity contribution in [3.63, 3.8) is 0 Å². The van der Waals surface area contributed by atoms with Crippen LogP contribution >= 0.6 is 43.4 Å². The fraction of sp³-hybridized carbons (Fsp3) is 0.143. The average Bonchev–Trinajstić information content (AvgIpc) is 2.62. The Morgan fingerprint density at radius 1 is 0.536 bits per heavy atom. The van der Waals surface area contributed by atoms with Crippen LogP contribution in [0.1, 0.15) is 16.7 Å². The fourth-order valence-corrected chi connectivity index (χ4v) is 4.33. The first-order chi connectivity index (χ1) is 13.3. The number of rotatable bonds is 6. The van der Waals surface area contributed by atoms with Gasteiger partial charge in [0.25, 0.3) is 0 Å². The third kappa shape index (κ3) is 5.46. The molecule has 0 aliphatic rings. The predicted molar refractivity (Wildman–Crippen MR) is 117 cm³/mol. The van der Waals surface area contributed by atoms with Gasteiger partial charge in [-0.15, -0.1) is 0 Å². The van der Waals surface area contributed by atoms with Gasteiger partial charge in [-0.3, -0.25) is 0 Å². The molecule has 28 heavy (non-hydrogen) atoms. The van der Waals surface area contributed by atoms with Crippen molar-refractivity contribution in [2.24, 2.45) is 0 Å². The number of benzene rings is 3. The molecule has 0 atom stereocenters. The molecule has 0 spiro atoms. The zero-order chi connectivity index (χ0) is 20.3. The lowest BCUT2D eigenvalue weighted by atomic mass is 10.2. The van der Waals surface area contributed by atoms with E-state index in [0.29, 0.717) is 32.3 Å². The van der Waals surface area contributed by atoms with Gasteiger partial charge in [0, 0.05) is 15.1 Å². The molecule has 3 aromatic rings. The molecular weight excluding hydrogens is 438 g/mol. The summed E-state index contributed by atoms with van der Waals surface area (Å²) in [6, 6.07) is 16.1. The highest BCUT2D eigenvalue weighted by molar-refractivity contribution is 7.43. The van der Waals surface area contributed by atoms with E-state index in [-0.39, 0.29) is 0 Å². The van der Waals surface area contributed by atoms with Crippen molar-refractivity contribution in [2.75, 3.05) is 0 Å². The topological polar surface area (TPSA) is 27.7 Å². The lowest BCUT2D eigenvalue weighted by Crippen LogP contribution is -2.04. The minimum atomic E-state index is -1.80. The van der Waals surface area contributed by atoms with Gasteiger partial charge in [0.05, 0.1) is 0 Å². The minimum absolute atomic E-state index is 0.633. The molecule has 3 nitrogen and oxygen atoms in total. The summed E-state index contributed by atoms with van der Waals surface area (Å²) in [6.07, 6.45) is 0. The van der Waals surface area contributed by atoms with E-state index in [0.717, 1.165) is 16.7 Å². The van der Waals surface area contributed by atoms with Crippen LogP contribution in [0, 0.1) is 20.8 Å². The van der Waals surface area contributed by atoms with E-state index in [9.17, 15) is 0 Å². The summed E-state index contributed by atoms with van der Waals surface area (Å²) in [7, 11) is -1.80. The molecule has 146 valence electrons. The van der Waals surface area contributed by atoms with Crippen LogP contribution in [0.5, 0.6) is 17.2 Å². The molecule has 3 rings (SSSR count). The standard InChI is InChI=1S/C21H18Cl3O3P/c1-13-10-16(22)4-7-19(13)25-28(26-20-8-5-17(23)11-14(20)2)27-21-9-6-18(24)12-15(21)3/h4-12H,1-3H3. The molecule has 7 heteroatoms. The van der Waals surface area contributed by atoms with Gasteiger partial charge >= 0.3 is 8.60 Å². The summed E-state index contributed by atoms with van der Waals surface area (Å²) in [5.41, 5.74) is 2.65. The summed E-state index contributed by atoms with van der Waals surface area (Å²) < 4.78 is 18.2. The molecular formula is C21H18Cl3O3P. The van der Waals surface area contributed by atoms with Gasteiger partial charge in [-0.2, -0.15) is 0 Å². The molecule has 0 aliphatic heterocycles. The van der Waals surface area contributed by atoms with Crippen LogP contribution < -0.4 is 13.6 Å². The van der Waals surface area contributed by atoms with Gasteiger partial charge in [-0.1, -0.05) is 34.8 Å². The van der Waals surface area contributed by atoms with Crippen LogP contribution in [0.15, 0.2) is 54.6 Å². The first kappa shape index (κ1) is 21.1. The Hall–Kier alpha value is -1.64. The van der Waals surface area contributed by atoms with Crippen molar-refractivity contribution in [3.05, 3.63) is 86.4 Å². The van der Waals surface area contributed by atoms with Crippen LogP contribution in [-0.4, -0.2) is 0 Å².